The Morgan fingerprint density at radius 2 is 1.45 bits per heavy atom. The third-order valence-corrected chi connectivity index (χ3v) is 6.86. The molecule has 31 heavy (non-hydrogen) atoms. The Morgan fingerprint density at radius 3 is 1.94 bits per heavy atom. The van der Waals surface area contributed by atoms with Crippen molar-refractivity contribution >= 4 is 44.8 Å². The van der Waals surface area contributed by atoms with Crippen LogP contribution in [0.25, 0.3) is 0 Å². The van der Waals surface area contributed by atoms with Crippen LogP contribution >= 0.6 is 22.7 Å². The van der Waals surface area contributed by atoms with Gasteiger partial charge in [0.05, 0.1) is 6.42 Å². The lowest BCUT2D eigenvalue weighted by molar-refractivity contribution is -0.142. The predicted octanol–water partition coefficient (Wildman–Crippen LogP) is 4.85. The number of rotatable bonds is 8. The van der Waals surface area contributed by atoms with E-state index < -0.39 is 24.9 Å². The zero-order chi connectivity index (χ0) is 22.4. The van der Waals surface area contributed by atoms with Gasteiger partial charge in [-0.25, -0.2) is 0 Å². The maximum Gasteiger partial charge on any atom is 0.389 e. The molecule has 1 saturated carbocycles. The summed E-state index contributed by atoms with van der Waals surface area (Å²) in [5, 5.41) is 23.8. The molecule has 0 aliphatic heterocycles. The number of carbonyl (C=O) groups is 2. The third kappa shape index (κ3) is 7.20. The summed E-state index contributed by atoms with van der Waals surface area (Å²) in [5.74, 6) is -0.501. The number of aromatic nitrogens is 4. The number of halogens is 3. The lowest BCUT2D eigenvalue weighted by atomic mass is 9.82. The van der Waals surface area contributed by atoms with E-state index in [9.17, 15) is 22.8 Å². The summed E-state index contributed by atoms with van der Waals surface area (Å²) in [6.45, 7) is 1.93. The molecule has 2 aromatic heterocycles. The Labute approximate surface area is 185 Å². The first-order chi connectivity index (χ1) is 14.7. The molecular weight excluding hydrogens is 453 g/mol. The highest BCUT2D eigenvalue weighted by molar-refractivity contribution is 7.15. The second kappa shape index (κ2) is 10.4. The van der Waals surface area contributed by atoms with E-state index in [0.29, 0.717) is 11.6 Å². The maximum absolute atomic E-state index is 12.2. The highest BCUT2D eigenvalue weighted by atomic mass is 32.1. The van der Waals surface area contributed by atoms with Gasteiger partial charge in [-0.2, -0.15) is 13.2 Å². The van der Waals surface area contributed by atoms with Crippen molar-refractivity contribution in [2.24, 2.45) is 0 Å². The van der Waals surface area contributed by atoms with Crippen molar-refractivity contribution in [3.63, 3.8) is 0 Å². The molecule has 0 aromatic carbocycles. The number of nitrogens with zero attached hydrogens (tertiary/aromatic N) is 4. The maximum atomic E-state index is 12.2. The highest BCUT2D eigenvalue weighted by Crippen LogP contribution is 2.43. The minimum absolute atomic E-state index is 0.0783. The fraction of sp³-hybridized carbons (Fsp3) is 0.667. The second-order valence-corrected chi connectivity index (χ2v) is 9.43. The van der Waals surface area contributed by atoms with Crippen LogP contribution in [-0.2, 0) is 9.59 Å². The van der Waals surface area contributed by atoms with Crippen molar-refractivity contribution in [2.75, 3.05) is 10.6 Å². The molecule has 1 aliphatic carbocycles. The van der Waals surface area contributed by atoms with Gasteiger partial charge in [-0.05, 0) is 25.7 Å². The molecule has 2 amide bonds. The lowest BCUT2D eigenvalue weighted by Crippen LogP contribution is -2.16. The Morgan fingerprint density at radius 1 is 0.935 bits per heavy atom. The molecular formula is C18H23F3N6O2S2. The van der Waals surface area contributed by atoms with E-state index in [1.54, 1.807) is 0 Å². The molecule has 170 valence electrons. The number of nitrogens with one attached hydrogen (secondary N) is 2. The molecule has 1 aliphatic rings. The van der Waals surface area contributed by atoms with Crippen LogP contribution in [0.1, 0.15) is 80.1 Å². The molecule has 3 rings (SSSR count). The summed E-state index contributed by atoms with van der Waals surface area (Å²) in [6, 6.07) is 0. The molecule has 2 N–H and O–H groups in total. The van der Waals surface area contributed by atoms with E-state index in [-0.39, 0.29) is 22.9 Å². The average molecular weight is 477 g/mol. The summed E-state index contributed by atoms with van der Waals surface area (Å²) >= 11 is 2.57. The summed E-state index contributed by atoms with van der Waals surface area (Å²) in [6.07, 6.45) is -1.38. The Kier molecular flexibility index (Phi) is 7.92. The van der Waals surface area contributed by atoms with Gasteiger partial charge in [-0.3, -0.25) is 9.59 Å². The van der Waals surface area contributed by atoms with Crippen LogP contribution in [0.4, 0.5) is 23.4 Å². The van der Waals surface area contributed by atoms with Gasteiger partial charge in [0.15, 0.2) is 0 Å². The van der Waals surface area contributed by atoms with Gasteiger partial charge in [0.2, 0.25) is 22.1 Å². The lowest BCUT2D eigenvalue weighted by Gasteiger charge is -2.25. The molecule has 13 heteroatoms. The number of hydrogen-bond donors (Lipinski definition) is 2. The van der Waals surface area contributed by atoms with Crippen LogP contribution in [0.5, 0.6) is 0 Å². The van der Waals surface area contributed by atoms with Crippen LogP contribution in [-0.4, -0.2) is 38.4 Å². The Bertz CT molecular complexity index is 901. The molecule has 2 atom stereocenters. The van der Waals surface area contributed by atoms with E-state index in [1.807, 2.05) is 6.92 Å². The van der Waals surface area contributed by atoms with Crippen molar-refractivity contribution in [3.8, 4) is 0 Å². The first kappa shape index (κ1) is 23.5. The van der Waals surface area contributed by atoms with Crippen LogP contribution in [0.2, 0.25) is 0 Å². The highest BCUT2D eigenvalue weighted by Gasteiger charge is 2.30. The minimum atomic E-state index is -4.37. The molecule has 0 spiro atoms. The van der Waals surface area contributed by atoms with E-state index in [4.69, 9.17) is 0 Å². The van der Waals surface area contributed by atoms with Crippen molar-refractivity contribution < 1.29 is 22.8 Å². The normalized spacial score (nSPS) is 19.2. The average Bonchev–Trinajstić information content (AvgIpc) is 3.36. The van der Waals surface area contributed by atoms with Gasteiger partial charge in [-0.15, -0.1) is 20.4 Å². The topological polar surface area (TPSA) is 110 Å². The second-order valence-electron chi connectivity index (χ2n) is 7.41. The first-order valence-electron chi connectivity index (χ1n) is 10.1. The van der Waals surface area contributed by atoms with Crippen LogP contribution in [0.15, 0.2) is 0 Å². The predicted molar refractivity (Wildman–Crippen MR) is 111 cm³/mol. The number of anilines is 2. The van der Waals surface area contributed by atoms with Crippen LogP contribution in [0.3, 0.4) is 0 Å². The quantitative estimate of drug-likeness (QED) is 0.564. The van der Waals surface area contributed by atoms with E-state index in [2.05, 4.69) is 31.0 Å². The SMILES string of the molecule is CCCC(=O)Nc1nnc([C@H]2CCC[C@H](c3nnc(NC(=O)CCC(F)(F)F)s3)C2)s1. The molecule has 0 unspecified atom stereocenters. The fourth-order valence-electron chi connectivity index (χ4n) is 3.38. The largest absolute Gasteiger partial charge is 0.389 e. The van der Waals surface area contributed by atoms with Crippen molar-refractivity contribution in [2.45, 2.75) is 76.3 Å². The van der Waals surface area contributed by atoms with Gasteiger partial charge in [0.1, 0.15) is 10.0 Å². The zero-order valence-corrected chi connectivity index (χ0v) is 18.5. The number of amides is 2. The molecule has 0 radical (unpaired) electrons. The van der Waals surface area contributed by atoms with Crippen molar-refractivity contribution in [1.82, 2.24) is 20.4 Å². The summed E-state index contributed by atoms with van der Waals surface area (Å²) < 4.78 is 36.7. The summed E-state index contributed by atoms with van der Waals surface area (Å²) in [4.78, 5) is 23.4. The summed E-state index contributed by atoms with van der Waals surface area (Å²) in [5.41, 5.74) is 0. The standard InChI is InChI=1S/C18H23F3N6O2S2/c1-2-4-12(28)22-16-26-24-14(30-16)10-5-3-6-11(9-10)15-25-27-17(31-15)23-13(29)7-8-18(19,20)21/h10-11H,2-9H2,1H3,(H,22,26,28)(H,23,27,29)/t10-,11-/m0/s1. The summed E-state index contributed by atoms with van der Waals surface area (Å²) in [7, 11) is 0. The van der Waals surface area contributed by atoms with Gasteiger partial charge in [0.25, 0.3) is 0 Å². The smallest absolute Gasteiger partial charge is 0.301 e. The van der Waals surface area contributed by atoms with E-state index in [1.165, 1.54) is 22.7 Å². The van der Waals surface area contributed by atoms with Crippen molar-refractivity contribution in [3.05, 3.63) is 10.0 Å². The van der Waals surface area contributed by atoms with Crippen LogP contribution < -0.4 is 10.6 Å². The molecule has 0 bridgehead atoms. The van der Waals surface area contributed by atoms with Gasteiger partial charge >= 0.3 is 6.18 Å². The van der Waals surface area contributed by atoms with Crippen LogP contribution in [0, 0.1) is 0 Å². The molecule has 8 nitrogen and oxygen atoms in total. The zero-order valence-electron chi connectivity index (χ0n) is 16.9. The Hall–Kier alpha value is -2.15. The molecule has 1 fully saturated rings. The molecule has 0 saturated heterocycles. The monoisotopic (exact) mass is 476 g/mol. The fourth-order valence-corrected chi connectivity index (χ4v) is 5.20. The minimum Gasteiger partial charge on any atom is -0.301 e. The molecule has 2 aromatic rings. The van der Waals surface area contributed by atoms with Crippen molar-refractivity contribution in [1.29, 1.82) is 0 Å². The number of alkyl halides is 3. The third-order valence-electron chi connectivity index (χ3n) is 4.86. The van der Waals surface area contributed by atoms with Gasteiger partial charge in [0, 0.05) is 24.7 Å². The number of hydrogen-bond acceptors (Lipinski definition) is 8. The van der Waals surface area contributed by atoms with E-state index in [0.717, 1.165) is 42.1 Å². The first-order valence-corrected chi connectivity index (χ1v) is 11.7. The number of carbonyl (C=O) groups excluding carboxylic acids is 2. The van der Waals surface area contributed by atoms with E-state index >= 15 is 0 Å². The van der Waals surface area contributed by atoms with Gasteiger partial charge in [-0.1, -0.05) is 36.0 Å². The molecule has 2 heterocycles. The van der Waals surface area contributed by atoms with Gasteiger partial charge < -0.3 is 10.6 Å². The Balaban J connectivity index is 1.56.